The number of carbonyl (C=O) groups is 2. The first-order chi connectivity index (χ1) is 10.1. The fraction of sp³-hybridized carbons (Fsp3) is 0.250. The maximum atomic E-state index is 11.8. The predicted octanol–water partition coefficient (Wildman–Crippen LogP) is 1.83. The van der Waals surface area contributed by atoms with E-state index >= 15 is 0 Å². The zero-order valence-electron chi connectivity index (χ0n) is 11.5. The Morgan fingerprint density at radius 2 is 1.81 bits per heavy atom. The van der Waals surface area contributed by atoms with Gasteiger partial charge < -0.3 is 16.4 Å². The molecule has 0 heterocycles. The molecule has 1 saturated carbocycles. The largest absolute Gasteiger partial charge is 0.368 e. The Labute approximate surface area is 122 Å². The highest BCUT2D eigenvalue weighted by atomic mass is 16.2. The summed E-state index contributed by atoms with van der Waals surface area (Å²) < 4.78 is 0. The van der Waals surface area contributed by atoms with Crippen LogP contribution in [0.5, 0.6) is 0 Å². The molecular weight excluding hydrogens is 266 g/mol. The standard InChI is InChI=1S/C16H17N3O2/c17-15(20)14(19-16(21)18-13-7-8-13)12-6-5-10-3-1-2-4-11(10)9-12/h1-6,9,13-14H,7-8H2,(H2,17,20)(H2,18,19,21). The summed E-state index contributed by atoms with van der Waals surface area (Å²) in [5.74, 6) is -0.573. The van der Waals surface area contributed by atoms with E-state index in [1.807, 2.05) is 42.5 Å². The number of urea groups is 1. The third-order valence-electron chi connectivity index (χ3n) is 3.58. The minimum Gasteiger partial charge on any atom is -0.368 e. The lowest BCUT2D eigenvalue weighted by atomic mass is 10.0. The molecule has 0 aliphatic heterocycles. The van der Waals surface area contributed by atoms with E-state index in [-0.39, 0.29) is 12.1 Å². The number of carbonyl (C=O) groups excluding carboxylic acids is 2. The summed E-state index contributed by atoms with van der Waals surface area (Å²) in [5.41, 5.74) is 6.11. The van der Waals surface area contributed by atoms with Crippen LogP contribution in [-0.2, 0) is 4.79 Å². The van der Waals surface area contributed by atoms with Gasteiger partial charge in [-0.25, -0.2) is 4.79 Å². The van der Waals surface area contributed by atoms with Gasteiger partial charge in [-0.15, -0.1) is 0 Å². The fourth-order valence-corrected chi connectivity index (χ4v) is 2.29. The molecule has 0 radical (unpaired) electrons. The Hall–Kier alpha value is -2.56. The summed E-state index contributed by atoms with van der Waals surface area (Å²) in [5, 5.41) is 7.51. The number of hydrogen-bond acceptors (Lipinski definition) is 2. The second-order valence-corrected chi connectivity index (χ2v) is 5.33. The van der Waals surface area contributed by atoms with Gasteiger partial charge >= 0.3 is 6.03 Å². The van der Waals surface area contributed by atoms with E-state index in [0.717, 1.165) is 23.6 Å². The number of nitrogens with two attached hydrogens (primary N) is 1. The minimum atomic E-state index is -0.826. The molecule has 5 nitrogen and oxygen atoms in total. The summed E-state index contributed by atoms with van der Waals surface area (Å²) in [6.45, 7) is 0. The summed E-state index contributed by atoms with van der Waals surface area (Å²) >= 11 is 0. The summed E-state index contributed by atoms with van der Waals surface area (Å²) in [7, 11) is 0. The molecule has 0 bridgehead atoms. The molecule has 2 aromatic carbocycles. The molecule has 0 saturated heterocycles. The third-order valence-corrected chi connectivity index (χ3v) is 3.58. The van der Waals surface area contributed by atoms with Crippen LogP contribution in [0.4, 0.5) is 4.79 Å². The number of hydrogen-bond donors (Lipinski definition) is 3. The molecule has 3 amide bonds. The zero-order chi connectivity index (χ0) is 14.8. The average Bonchev–Trinajstić information content (AvgIpc) is 3.28. The van der Waals surface area contributed by atoms with Crippen LogP contribution in [0.25, 0.3) is 10.8 Å². The number of nitrogens with one attached hydrogen (secondary N) is 2. The topological polar surface area (TPSA) is 84.2 Å². The van der Waals surface area contributed by atoms with Crippen LogP contribution in [-0.4, -0.2) is 18.0 Å². The Kier molecular flexibility index (Phi) is 3.48. The van der Waals surface area contributed by atoms with E-state index in [0.29, 0.717) is 5.56 Å². The van der Waals surface area contributed by atoms with Crippen molar-refractivity contribution in [1.82, 2.24) is 10.6 Å². The second-order valence-electron chi connectivity index (χ2n) is 5.33. The highest BCUT2D eigenvalue weighted by Crippen LogP contribution is 2.21. The van der Waals surface area contributed by atoms with Gasteiger partial charge in [-0.3, -0.25) is 4.79 Å². The van der Waals surface area contributed by atoms with Gasteiger partial charge in [-0.05, 0) is 35.2 Å². The normalized spacial score (nSPS) is 15.4. The Balaban J connectivity index is 1.83. The van der Waals surface area contributed by atoms with Gasteiger partial charge in [-0.1, -0.05) is 36.4 Å². The lowest BCUT2D eigenvalue weighted by molar-refractivity contribution is -0.119. The van der Waals surface area contributed by atoms with E-state index in [2.05, 4.69) is 10.6 Å². The molecule has 1 aliphatic rings. The van der Waals surface area contributed by atoms with Gasteiger partial charge in [0, 0.05) is 6.04 Å². The highest BCUT2D eigenvalue weighted by molar-refractivity contribution is 5.89. The summed E-state index contributed by atoms with van der Waals surface area (Å²) in [4.78, 5) is 23.5. The first-order valence-corrected chi connectivity index (χ1v) is 6.98. The Bertz CT molecular complexity index is 695. The van der Waals surface area contributed by atoms with Gasteiger partial charge in [0.2, 0.25) is 5.91 Å². The van der Waals surface area contributed by atoms with Crippen molar-refractivity contribution in [3.8, 4) is 0 Å². The van der Waals surface area contributed by atoms with Crippen molar-refractivity contribution >= 4 is 22.7 Å². The smallest absolute Gasteiger partial charge is 0.315 e. The minimum absolute atomic E-state index is 0.232. The maximum absolute atomic E-state index is 11.8. The van der Waals surface area contributed by atoms with Crippen LogP contribution in [0, 0.1) is 0 Å². The first kappa shape index (κ1) is 13.4. The summed E-state index contributed by atoms with van der Waals surface area (Å²) in [6, 6.07) is 12.5. The van der Waals surface area contributed by atoms with E-state index in [4.69, 9.17) is 5.73 Å². The van der Waals surface area contributed by atoms with Crippen molar-refractivity contribution in [2.75, 3.05) is 0 Å². The molecule has 0 spiro atoms. The van der Waals surface area contributed by atoms with Gasteiger partial charge in [0.1, 0.15) is 6.04 Å². The van der Waals surface area contributed by atoms with Gasteiger partial charge in [-0.2, -0.15) is 0 Å². The number of primary amides is 1. The van der Waals surface area contributed by atoms with Crippen molar-refractivity contribution in [1.29, 1.82) is 0 Å². The average molecular weight is 283 g/mol. The molecule has 21 heavy (non-hydrogen) atoms. The van der Waals surface area contributed by atoms with E-state index in [1.54, 1.807) is 0 Å². The van der Waals surface area contributed by atoms with Crippen molar-refractivity contribution in [3.63, 3.8) is 0 Å². The molecule has 3 rings (SSSR count). The fourth-order valence-electron chi connectivity index (χ4n) is 2.29. The van der Waals surface area contributed by atoms with Crippen molar-refractivity contribution in [2.24, 2.45) is 5.73 Å². The molecule has 4 N–H and O–H groups in total. The summed E-state index contributed by atoms with van der Waals surface area (Å²) in [6.07, 6.45) is 1.98. The van der Waals surface area contributed by atoms with Crippen molar-refractivity contribution < 1.29 is 9.59 Å². The quantitative estimate of drug-likeness (QED) is 0.799. The van der Waals surface area contributed by atoms with Crippen LogP contribution < -0.4 is 16.4 Å². The monoisotopic (exact) mass is 283 g/mol. The van der Waals surface area contributed by atoms with Crippen LogP contribution in [0.1, 0.15) is 24.4 Å². The molecular formula is C16H17N3O2. The third kappa shape index (κ3) is 3.13. The first-order valence-electron chi connectivity index (χ1n) is 6.98. The highest BCUT2D eigenvalue weighted by Gasteiger charge is 2.26. The number of rotatable bonds is 4. The second kappa shape index (κ2) is 5.44. The van der Waals surface area contributed by atoms with Crippen LogP contribution in [0.2, 0.25) is 0 Å². The van der Waals surface area contributed by atoms with E-state index in [1.165, 1.54) is 0 Å². The molecule has 108 valence electrons. The number of amides is 3. The van der Waals surface area contributed by atoms with Gasteiger partial charge in [0.25, 0.3) is 0 Å². The molecule has 1 aliphatic carbocycles. The van der Waals surface area contributed by atoms with Crippen molar-refractivity contribution in [3.05, 3.63) is 48.0 Å². The van der Waals surface area contributed by atoms with Crippen molar-refractivity contribution in [2.45, 2.75) is 24.9 Å². The zero-order valence-corrected chi connectivity index (χ0v) is 11.5. The van der Waals surface area contributed by atoms with Crippen LogP contribution >= 0.6 is 0 Å². The van der Waals surface area contributed by atoms with Crippen LogP contribution in [0.3, 0.4) is 0 Å². The lowest BCUT2D eigenvalue weighted by Crippen LogP contribution is -2.43. The molecule has 1 atom stereocenters. The molecule has 1 fully saturated rings. The lowest BCUT2D eigenvalue weighted by Gasteiger charge is -2.17. The Morgan fingerprint density at radius 3 is 2.48 bits per heavy atom. The molecule has 0 aromatic heterocycles. The van der Waals surface area contributed by atoms with Gasteiger partial charge in [0.05, 0.1) is 0 Å². The number of benzene rings is 2. The van der Waals surface area contributed by atoms with E-state index in [9.17, 15) is 9.59 Å². The SMILES string of the molecule is NC(=O)C(NC(=O)NC1CC1)c1ccc2ccccc2c1. The molecule has 5 heteroatoms. The number of fused-ring (bicyclic) bond motifs is 1. The predicted molar refractivity (Wildman–Crippen MR) is 80.6 cm³/mol. The Morgan fingerprint density at radius 1 is 1.10 bits per heavy atom. The molecule has 1 unspecified atom stereocenters. The van der Waals surface area contributed by atoms with E-state index < -0.39 is 11.9 Å². The van der Waals surface area contributed by atoms with Gasteiger partial charge in [0.15, 0.2) is 0 Å². The van der Waals surface area contributed by atoms with Crippen LogP contribution in [0.15, 0.2) is 42.5 Å². The maximum Gasteiger partial charge on any atom is 0.315 e. The molecule has 2 aromatic rings.